The topological polar surface area (TPSA) is 98.7 Å². The minimum Gasteiger partial charge on any atom is -0.377 e. The van der Waals surface area contributed by atoms with Gasteiger partial charge in [0.15, 0.2) is 0 Å². The van der Waals surface area contributed by atoms with Crippen LogP contribution < -0.4 is 11.5 Å². The van der Waals surface area contributed by atoms with E-state index in [-0.39, 0.29) is 35.2 Å². The van der Waals surface area contributed by atoms with E-state index in [0.29, 0.717) is 32.5 Å². The van der Waals surface area contributed by atoms with Crippen LogP contribution in [-0.2, 0) is 14.3 Å². The van der Waals surface area contributed by atoms with Gasteiger partial charge in [0.1, 0.15) is 5.54 Å². The highest BCUT2D eigenvalue weighted by molar-refractivity contribution is 5.90. The zero-order valence-electron chi connectivity index (χ0n) is 12.8. The molecule has 2 saturated heterocycles. The summed E-state index contributed by atoms with van der Waals surface area (Å²) in [5.74, 6) is -0.242. The fraction of sp³-hybridized carbons (Fsp3) is 0.867. The molecule has 0 radical (unpaired) electrons. The molecule has 2 amide bonds. The summed E-state index contributed by atoms with van der Waals surface area (Å²) < 4.78 is 5.74. The van der Waals surface area contributed by atoms with Gasteiger partial charge in [0.05, 0.1) is 6.10 Å². The van der Waals surface area contributed by atoms with Gasteiger partial charge in [-0.3, -0.25) is 9.59 Å². The number of fused-ring (bicyclic) bond motifs is 1. The van der Waals surface area contributed by atoms with Gasteiger partial charge in [-0.15, -0.1) is 0 Å². The van der Waals surface area contributed by atoms with Crippen LogP contribution in [0.5, 0.6) is 0 Å². The van der Waals surface area contributed by atoms with E-state index in [2.05, 4.69) is 0 Å². The minimum absolute atomic E-state index is 0.0159. The van der Waals surface area contributed by atoms with Crippen molar-refractivity contribution in [2.45, 2.75) is 44.8 Å². The molecule has 3 rings (SSSR count). The van der Waals surface area contributed by atoms with Gasteiger partial charge in [0.25, 0.3) is 0 Å². The number of nitrogens with two attached hydrogens (primary N) is 2. The molecule has 6 heteroatoms. The molecule has 118 valence electrons. The Balaban J connectivity index is 1.72. The molecule has 6 nitrogen and oxygen atoms in total. The van der Waals surface area contributed by atoms with E-state index >= 15 is 0 Å². The van der Waals surface area contributed by atoms with Gasteiger partial charge in [-0.25, -0.2) is 0 Å². The van der Waals surface area contributed by atoms with E-state index in [1.54, 1.807) is 0 Å². The van der Waals surface area contributed by atoms with Crippen molar-refractivity contribution in [2.75, 3.05) is 19.7 Å². The van der Waals surface area contributed by atoms with Gasteiger partial charge in [0, 0.05) is 36.9 Å². The van der Waals surface area contributed by atoms with Crippen LogP contribution in [0.4, 0.5) is 0 Å². The number of ether oxygens (including phenoxy) is 1. The second-order valence-electron chi connectivity index (χ2n) is 7.25. The molecule has 0 aromatic carbocycles. The summed E-state index contributed by atoms with van der Waals surface area (Å²) in [5, 5.41) is 0. The van der Waals surface area contributed by atoms with Crippen LogP contribution in [0, 0.1) is 17.3 Å². The zero-order chi connectivity index (χ0) is 15.4. The zero-order valence-corrected chi connectivity index (χ0v) is 12.8. The van der Waals surface area contributed by atoms with Crippen molar-refractivity contribution in [2.24, 2.45) is 28.7 Å². The predicted octanol–water partition coefficient (Wildman–Crippen LogP) is -0.147. The highest BCUT2D eigenvalue weighted by Gasteiger charge is 2.71. The summed E-state index contributed by atoms with van der Waals surface area (Å²) in [6.45, 7) is 5.87. The van der Waals surface area contributed by atoms with Crippen molar-refractivity contribution >= 4 is 11.8 Å². The first-order chi connectivity index (χ1) is 9.80. The highest BCUT2D eigenvalue weighted by atomic mass is 16.5. The van der Waals surface area contributed by atoms with E-state index in [1.807, 2.05) is 18.7 Å². The molecular formula is C15H25N3O3. The van der Waals surface area contributed by atoms with Crippen molar-refractivity contribution in [3.8, 4) is 0 Å². The monoisotopic (exact) mass is 295 g/mol. The quantitative estimate of drug-likeness (QED) is 0.740. The van der Waals surface area contributed by atoms with E-state index in [0.717, 1.165) is 6.42 Å². The van der Waals surface area contributed by atoms with Crippen LogP contribution in [0.3, 0.4) is 0 Å². The Kier molecular flexibility index (Phi) is 3.29. The van der Waals surface area contributed by atoms with Crippen LogP contribution >= 0.6 is 0 Å². The molecule has 0 aromatic rings. The number of hydrogen-bond acceptors (Lipinski definition) is 4. The highest BCUT2D eigenvalue weighted by Crippen LogP contribution is 2.58. The Morgan fingerprint density at radius 3 is 2.38 bits per heavy atom. The number of piperidine rings is 1. The summed E-state index contributed by atoms with van der Waals surface area (Å²) in [5.41, 5.74) is 10.7. The maximum Gasteiger partial charge on any atom is 0.243 e. The molecule has 2 heterocycles. The fourth-order valence-electron chi connectivity index (χ4n) is 4.45. The van der Waals surface area contributed by atoms with E-state index in [1.165, 1.54) is 0 Å². The average Bonchev–Trinajstić information content (AvgIpc) is 2.94. The normalized spacial score (nSPS) is 38.7. The molecule has 2 aliphatic heterocycles. The number of hydrogen-bond donors (Lipinski definition) is 2. The van der Waals surface area contributed by atoms with Crippen LogP contribution in [-0.4, -0.2) is 48.1 Å². The number of primary amides is 1. The van der Waals surface area contributed by atoms with Crippen LogP contribution in [0.15, 0.2) is 0 Å². The first kappa shape index (κ1) is 14.8. The Hall–Kier alpha value is -1.14. The summed E-state index contributed by atoms with van der Waals surface area (Å²) in [7, 11) is 0. The lowest BCUT2D eigenvalue weighted by Crippen LogP contribution is -2.80. The van der Waals surface area contributed by atoms with Crippen molar-refractivity contribution in [1.82, 2.24) is 4.90 Å². The predicted molar refractivity (Wildman–Crippen MR) is 77.0 cm³/mol. The fourth-order valence-corrected chi connectivity index (χ4v) is 4.45. The molecule has 3 aliphatic rings. The molecule has 0 bridgehead atoms. The SMILES string of the molecule is CC1(C)C2OCCC2C1(N)C(=O)N1CCC(C(N)=O)CC1. The maximum atomic E-state index is 13.0. The molecule has 3 fully saturated rings. The lowest BCUT2D eigenvalue weighted by atomic mass is 9.47. The molecule has 1 saturated carbocycles. The van der Waals surface area contributed by atoms with Gasteiger partial charge >= 0.3 is 0 Å². The second-order valence-corrected chi connectivity index (χ2v) is 7.25. The van der Waals surface area contributed by atoms with E-state index in [9.17, 15) is 9.59 Å². The van der Waals surface area contributed by atoms with Gasteiger partial charge in [-0.1, -0.05) is 13.8 Å². The van der Waals surface area contributed by atoms with Crippen molar-refractivity contribution < 1.29 is 14.3 Å². The average molecular weight is 295 g/mol. The molecule has 3 atom stereocenters. The molecule has 4 N–H and O–H groups in total. The van der Waals surface area contributed by atoms with E-state index in [4.69, 9.17) is 16.2 Å². The minimum atomic E-state index is -0.840. The molecule has 1 aliphatic carbocycles. The molecular weight excluding hydrogens is 270 g/mol. The lowest BCUT2D eigenvalue weighted by Gasteiger charge is -2.61. The Morgan fingerprint density at radius 1 is 1.19 bits per heavy atom. The first-order valence-corrected chi connectivity index (χ1v) is 7.79. The standard InChI is InChI=1S/C15H25N3O3/c1-14(2)11-10(5-8-21-11)15(14,17)13(20)18-6-3-9(4-7-18)12(16)19/h9-11H,3-8,17H2,1-2H3,(H2,16,19). The largest absolute Gasteiger partial charge is 0.377 e. The number of carbonyl (C=O) groups is 2. The Morgan fingerprint density at radius 2 is 1.81 bits per heavy atom. The smallest absolute Gasteiger partial charge is 0.243 e. The third-order valence-corrected chi connectivity index (χ3v) is 5.99. The van der Waals surface area contributed by atoms with Crippen molar-refractivity contribution in [1.29, 1.82) is 0 Å². The maximum absolute atomic E-state index is 13.0. The van der Waals surface area contributed by atoms with Gasteiger partial charge in [-0.2, -0.15) is 0 Å². The van der Waals surface area contributed by atoms with Crippen LogP contribution in [0.2, 0.25) is 0 Å². The summed E-state index contributed by atoms with van der Waals surface area (Å²) in [6, 6.07) is 0. The first-order valence-electron chi connectivity index (χ1n) is 7.79. The molecule has 0 aromatic heterocycles. The Bertz CT molecular complexity index is 471. The van der Waals surface area contributed by atoms with Crippen LogP contribution in [0.25, 0.3) is 0 Å². The molecule has 0 spiro atoms. The molecule has 21 heavy (non-hydrogen) atoms. The number of carbonyl (C=O) groups excluding carboxylic acids is 2. The Labute approximate surface area is 125 Å². The molecule has 3 unspecified atom stereocenters. The number of nitrogens with zero attached hydrogens (tertiary/aromatic N) is 1. The summed E-state index contributed by atoms with van der Waals surface area (Å²) in [4.78, 5) is 26.0. The van der Waals surface area contributed by atoms with Gasteiger partial charge in [0.2, 0.25) is 11.8 Å². The van der Waals surface area contributed by atoms with Crippen LogP contribution in [0.1, 0.15) is 33.1 Å². The van der Waals surface area contributed by atoms with E-state index < -0.39 is 5.54 Å². The second kappa shape index (κ2) is 4.68. The summed E-state index contributed by atoms with van der Waals surface area (Å²) >= 11 is 0. The third kappa shape index (κ3) is 1.85. The van der Waals surface area contributed by atoms with Crippen molar-refractivity contribution in [3.05, 3.63) is 0 Å². The summed E-state index contributed by atoms with van der Waals surface area (Å²) in [6.07, 6.45) is 2.23. The van der Waals surface area contributed by atoms with Gasteiger partial charge in [-0.05, 0) is 19.3 Å². The van der Waals surface area contributed by atoms with Crippen molar-refractivity contribution in [3.63, 3.8) is 0 Å². The number of amides is 2. The number of rotatable bonds is 2. The third-order valence-electron chi connectivity index (χ3n) is 5.99. The number of likely N-dealkylation sites (tertiary alicyclic amines) is 1. The van der Waals surface area contributed by atoms with Gasteiger partial charge < -0.3 is 21.1 Å². The lowest BCUT2D eigenvalue weighted by molar-refractivity contribution is -0.185.